The van der Waals surface area contributed by atoms with Crippen LogP contribution < -0.4 is 5.32 Å². The van der Waals surface area contributed by atoms with Gasteiger partial charge in [0, 0.05) is 62.1 Å². The third-order valence-corrected chi connectivity index (χ3v) is 3.42. The third-order valence-electron chi connectivity index (χ3n) is 3.42. The molecule has 0 unspecified atom stereocenters. The Hall–Kier alpha value is -2.84. The van der Waals surface area contributed by atoms with Crippen molar-refractivity contribution in [2.24, 2.45) is 9.98 Å². The van der Waals surface area contributed by atoms with Crippen LogP contribution in [0.2, 0.25) is 0 Å². The normalized spacial score (nSPS) is 10.8. The summed E-state index contributed by atoms with van der Waals surface area (Å²) in [7, 11) is 6.82. The van der Waals surface area contributed by atoms with Crippen molar-refractivity contribution in [3.05, 3.63) is 34.9 Å². The first-order valence-electron chi connectivity index (χ1n) is 10.2. The fourth-order valence-electron chi connectivity index (χ4n) is 1.91. The van der Waals surface area contributed by atoms with Crippen LogP contribution in [0.15, 0.2) is 28.2 Å². The van der Waals surface area contributed by atoms with Gasteiger partial charge in [-0.1, -0.05) is 26.3 Å². The van der Waals surface area contributed by atoms with E-state index in [1.807, 2.05) is 13.8 Å². The van der Waals surface area contributed by atoms with Crippen molar-refractivity contribution < 1.29 is 39.9 Å². The van der Waals surface area contributed by atoms with Crippen LogP contribution in [0.5, 0.6) is 0 Å². The number of guanidine groups is 1. The van der Waals surface area contributed by atoms with E-state index in [1.165, 1.54) is 4.90 Å². The molecule has 33 heavy (non-hydrogen) atoms. The number of pyridine rings is 1. The number of amidine groups is 1. The zero-order valence-corrected chi connectivity index (χ0v) is 21.8. The molecule has 0 aliphatic heterocycles. The molecule has 0 bridgehead atoms. The monoisotopic (exact) mass is 554 g/mol. The number of hydrogen-bond acceptors (Lipinski definition) is 5. The summed E-state index contributed by atoms with van der Waals surface area (Å²) in [5.41, 5.74) is 0.693. The van der Waals surface area contributed by atoms with Gasteiger partial charge in [-0.2, -0.15) is 4.99 Å². The van der Waals surface area contributed by atoms with Crippen LogP contribution in [-0.2, 0) is 25.2 Å². The molecule has 1 heterocycles. The molecule has 0 saturated carbocycles. The van der Waals surface area contributed by atoms with Crippen molar-refractivity contribution >= 4 is 29.7 Å². The molecular formula is C21H34N7O4Pd-. The number of aliphatic carboxylic acids is 1. The van der Waals surface area contributed by atoms with Crippen LogP contribution in [0, 0.1) is 0 Å². The van der Waals surface area contributed by atoms with E-state index in [1.54, 1.807) is 51.3 Å². The number of carboxylic acids is 1. The second-order valence-electron chi connectivity index (χ2n) is 6.97. The molecule has 12 heteroatoms. The summed E-state index contributed by atoms with van der Waals surface area (Å²) in [6.45, 7) is 6.04. The van der Waals surface area contributed by atoms with Crippen molar-refractivity contribution in [3.8, 4) is 0 Å². The predicted octanol–water partition coefficient (Wildman–Crippen LogP) is 2.44. The molecule has 0 saturated heterocycles. The largest absolute Gasteiger partial charge is 0.648 e. The van der Waals surface area contributed by atoms with Crippen molar-refractivity contribution in [3.63, 3.8) is 0 Å². The zero-order chi connectivity index (χ0) is 24.7. The molecule has 1 aromatic heterocycles. The summed E-state index contributed by atoms with van der Waals surface area (Å²) < 4.78 is 0. The number of amides is 3. The first-order valence-corrected chi connectivity index (χ1v) is 10.2. The molecule has 0 fully saturated rings. The number of carbonyl (C=O) groups excluding carboxylic acids is 2. The number of aromatic nitrogens is 1. The van der Waals surface area contributed by atoms with Gasteiger partial charge in [0.1, 0.15) is 11.6 Å². The van der Waals surface area contributed by atoms with Gasteiger partial charge in [-0.15, -0.1) is 6.54 Å². The number of hydrogen-bond donors (Lipinski definition) is 2. The van der Waals surface area contributed by atoms with Gasteiger partial charge >= 0.3 is 6.03 Å². The Morgan fingerprint density at radius 3 is 2.12 bits per heavy atom. The van der Waals surface area contributed by atoms with Crippen LogP contribution in [-0.4, -0.2) is 90.9 Å². The van der Waals surface area contributed by atoms with Crippen molar-refractivity contribution in [1.29, 1.82) is 0 Å². The van der Waals surface area contributed by atoms with E-state index in [2.05, 4.69) is 25.6 Å². The molecule has 0 aliphatic rings. The molecule has 188 valence electrons. The summed E-state index contributed by atoms with van der Waals surface area (Å²) in [6.07, 6.45) is 1.61. The van der Waals surface area contributed by atoms with E-state index in [0.717, 1.165) is 19.8 Å². The smallest absolute Gasteiger partial charge is 0.323 e. The van der Waals surface area contributed by atoms with Crippen LogP contribution >= 0.6 is 0 Å². The Bertz CT molecular complexity index is 823. The second kappa shape index (κ2) is 17.7. The molecule has 0 aliphatic carbocycles. The van der Waals surface area contributed by atoms with Gasteiger partial charge < -0.3 is 25.0 Å². The van der Waals surface area contributed by atoms with Gasteiger partial charge in [-0.25, -0.2) is 9.78 Å². The van der Waals surface area contributed by atoms with E-state index in [-0.39, 0.29) is 38.1 Å². The molecule has 11 nitrogen and oxygen atoms in total. The average molecular weight is 555 g/mol. The number of nitrogens with zero attached hydrogens (tertiary/aromatic N) is 6. The number of rotatable bonds is 6. The fraction of sp³-hybridized carbons (Fsp3) is 0.524. The van der Waals surface area contributed by atoms with Gasteiger partial charge in [-0.3, -0.25) is 15.1 Å². The first kappa shape index (κ1) is 32.3. The Kier molecular flexibility index (Phi) is 17.3. The Morgan fingerprint density at radius 1 is 1.06 bits per heavy atom. The minimum Gasteiger partial charge on any atom is -0.648 e. The molecule has 1 aromatic rings. The van der Waals surface area contributed by atoms with Gasteiger partial charge in [0.25, 0.3) is 5.97 Å². The number of urea groups is 1. The van der Waals surface area contributed by atoms with Crippen molar-refractivity contribution in [2.75, 3.05) is 41.3 Å². The summed E-state index contributed by atoms with van der Waals surface area (Å²) in [4.78, 5) is 49.6. The Balaban J connectivity index is 0. The van der Waals surface area contributed by atoms with E-state index >= 15 is 0 Å². The van der Waals surface area contributed by atoms with Gasteiger partial charge in [0.2, 0.25) is 5.96 Å². The topological polar surface area (TPSA) is 142 Å². The molecule has 0 atom stereocenters. The Morgan fingerprint density at radius 2 is 1.64 bits per heavy atom. The van der Waals surface area contributed by atoms with Crippen LogP contribution in [0.25, 0.3) is 5.32 Å². The number of nitrogens with one attached hydrogen (secondary N) is 1. The zero-order valence-electron chi connectivity index (χ0n) is 20.2. The van der Waals surface area contributed by atoms with Gasteiger partial charge in [0.05, 0.1) is 5.69 Å². The fourth-order valence-corrected chi connectivity index (χ4v) is 1.91. The minimum atomic E-state index is -0.833. The maximum absolute atomic E-state index is 12.2. The molecule has 0 radical (unpaired) electrons. The third kappa shape index (κ3) is 14.0. The van der Waals surface area contributed by atoms with Crippen LogP contribution in [0.3, 0.4) is 0 Å². The standard InChI is InChI=1S/C19H31N7O2.C2H4O2.Pd/c1-7-12-20-16(23-18(25(3)4)24-19(28)26(5)6)14-10-9-11-15(22-14)17(27)21-13-8-2;1-2(3)4;/h9-11H,7-8,12-13H2,1-6H3,(H2,20,21,23,24,27,28);1H3,(H,3,4);/p-1. The number of carboxylic acid groups (broad SMARTS) is 1. The second-order valence-corrected chi connectivity index (χ2v) is 6.97. The molecule has 0 spiro atoms. The van der Waals surface area contributed by atoms with E-state index in [4.69, 9.17) is 9.90 Å². The molecule has 3 amide bonds. The first-order chi connectivity index (χ1) is 15.0. The van der Waals surface area contributed by atoms with Crippen LogP contribution in [0.1, 0.15) is 49.8 Å². The van der Waals surface area contributed by atoms with E-state index in [0.29, 0.717) is 30.6 Å². The number of carbonyl (C=O) groups is 3. The average Bonchev–Trinajstić information content (AvgIpc) is 2.73. The molecule has 1 rings (SSSR count). The summed E-state index contributed by atoms with van der Waals surface area (Å²) in [6, 6.07) is 4.77. The van der Waals surface area contributed by atoms with Gasteiger partial charge in [-0.05, 0) is 18.6 Å². The maximum atomic E-state index is 12.2. The van der Waals surface area contributed by atoms with Crippen LogP contribution in [0.4, 0.5) is 4.79 Å². The van der Waals surface area contributed by atoms with Gasteiger partial charge in [0.15, 0.2) is 5.84 Å². The number of aliphatic imine (C=N–C) groups is 2. The SMILES string of the molecule is CC(=O)O.CCCN=C(N=C(NC(=O)N(C)C)N(C)C)c1cccc(C(=O)[N-]CCC)n1.[Pd]. The Labute approximate surface area is 209 Å². The summed E-state index contributed by atoms with van der Waals surface area (Å²) >= 11 is 0. The van der Waals surface area contributed by atoms with Crippen molar-refractivity contribution in [2.45, 2.75) is 33.6 Å². The van der Waals surface area contributed by atoms with E-state index < -0.39 is 5.97 Å². The molecule has 0 aromatic carbocycles. The van der Waals surface area contributed by atoms with E-state index in [9.17, 15) is 9.59 Å². The molecule has 2 N–H and O–H groups in total. The van der Waals surface area contributed by atoms with Crippen molar-refractivity contribution in [1.82, 2.24) is 20.1 Å². The summed E-state index contributed by atoms with van der Waals surface area (Å²) in [5, 5.41) is 14.1. The molecular weight excluding hydrogens is 521 g/mol. The maximum Gasteiger partial charge on any atom is 0.323 e. The predicted molar refractivity (Wildman–Crippen MR) is 125 cm³/mol. The quantitative estimate of drug-likeness (QED) is 0.314. The summed E-state index contributed by atoms with van der Waals surface area (Å²) in [5.74, 6) is -0.534. The minimum absolute atomic E-state index is 0.